The number of benzene rings is 1. The maximum absolute atomic E-state index is 13.7. The zero-order valence-corrected chi connectivity index (χ0v) is 27.5. The average Bonchev–Trinajstić information content (AvgIpc) is 3.28. The van der Waals surface area contributed by atoms with E-state index in [2.05, 4.69) is 15.5 Å². The van der Waals surface area contributed by atoms with Crippen LogP contribution in [0, 0.1) is 5.92 Å². The molecule has 2 aliphatic heterocycles. The Bertz CT molecular complexity index is 1480. The molecule has 2 heterocycles. The van der Waals surface area contributed by atoms with E-state index in [4.69, 9.17) is 14.2 Å². The molecule has 2 N–H and O–H groups in total. The molecular weight excluding hydrogens is 572 g/mol. The molecule has 10 heteroatoms. The number of hydrogen-bond acceptors (Lipinski definition) is 8. The van der Waals surface area contributed by atoms with E-state index in [1.54, 1.807) is 40.4 Å². The van der Waals surface area contributed by atoms with E-state index in [0.717, 1.165) is 36.2 Å². The van der Waals surface area contributed by atoms with E-state index >= 15 is 0 Å². The van der Waals surface area contributed by atoms with E-state index in [-0.39, 0.29) is 17.2 Å². The van der Waals surface area contributed by atoms with Gasteiger partial charge in [0, 0.05) is 32.1 Å². The first-order valence-corrected chi connectivity index (χ1v) is 16.2. The first kappa shape index (κ1) is 32.6. The standard InChI is InChI=1S/C35H48N4O6/c1-21(35(42)38(3)20-24-10-9-17-39-16-8-7-11-29(24)39)36-28-15-13-25-26(19-30(28)41)27(37-22(2)40)14-12-23-18-31(43-4)33(44-5)34(45-6)32(23)25/h13,15,18-19,21,24,27,29H,7-12,14,16-17,20H2,1-6H3,(H,36,41)(H,37,40)/t21-,24-,27-,29+/m0/s1. The van der Waals surface area contributed by atoms with Crippen LogP contribution in [0.15, 0.2) is 29.1 Å². The van der Waals surface area contributed by atoms with Crippen LogP contribution >= 0.6 is 0 Å². The van der Waals surface area contributed by atoms with Gasteiger partial charge in [-0.2, -0.15) is 0 Å². The van der Waals surface area contributed by atoms with Crippen molar-refractivity contribution in [3.8, 4) is 28.4 Å². The second kappa shape index (κ2) is 14.1. The third kappa shape index (κ3) is 6.76. The minimum atomic E-state index is -0.603. The predicted octanol–water partition coefficient (Wildman–Crippen LogP) is 4.39. The number of rotatable bonds is 9. The van der Waals surface area contributed by atoms with Crippen LogP contribution in [0.3, 0.4) is 0 Å². The summed E-state index contributed by atoms with van der Waals surface area (Å²) in [6.07, 6.45) is 7.23. The highest BCUT2D eigenvalue weighted by Gasteiger charge is 2.35. The lowest BCUT2D eigenvalue weighted by molar-refractivity contribution is -0.131. The second-order valence-electron chi connectivity index (χ2n) is 12.7. The number of ether oxygens (including phenoxy) is 3. The van der Waals surface area contributed by atoms with Gasteiger partial charge in [-0.05, 0) is 99.3 Å². The number of nitrogens with one attached hydrogen (secondary N) is 2. The summed E-state index contributed by atoms with van der Waals surface area (Å²) in [7, 11) is 6.58. The number of carbonyl (C=O) groups is 2. The largest absolute Gasteiger partial charge is 0.493 e. The Morgan fingerprint density at radius 3 is 2.47 bits per heavy atom. The van der Waals surface area contributed by atoms with Crippen molar-refractivity contribution < 1.29 is 23.8 Å². The Balaban J connectivity index is 1.46. The Hall–Kier alpha value is -3.79. The average molecular weight is 621 g/mol. The maximum Gasteiger partial charge on any atom is 0.244 e. The fraction of sp³-hybridized carbons (Fsp3) is 0.571. The topological polar surface area (TPSA) is 109 Å². The Labute approximate surface area is 266 Å². The van der Waals surface area contributed by atoms with Crippen molar-refractivity contribution in [3.63, 3.8) is 0 Å². The summed E-state index contributed by atoms with van der Waals surface area (Å²) in [6, 6.07) is 6.64. The predicted molar refractivity (Wildman–Crippen MR) is 175 cm³/mol. The molecule has 1 aliphatic carbocycles. The number of piperidine rings is 2. The number of anilines is 1. The summed E-state index contributed by atoms with van der Waals surface area (Å²) < 4.78 is 17.2. The van der Waals surface area contributed by atoms with Crippen molar-refractivity contribution in [2.75, 3.05) is 53.3 Å². The molecule has 0 saturated carbocycles. The Kier molecular flexibility index (Phi) is 10.2. The van der Waals surface area contributed by atoms with E-state index in [1.165, 1.54) is 32.6 Å². The molecule has 0 radical (unpaired) electrons. The molecule has 0 bridgehead atoms. The van der Waals surface area contributed by atoms with Gasteiger partial charge in [0.05, 0.1) is 33.1 Å². The summed E-state index contributed by atoms with van der Waals surface area (Å²) in [4.78, 5) is 44.0. The minimum absolute atomic E-state index is 0.0460. The highest BCUT2D eigenvalue weighted by Crippen LogP contribution is 2.50. The molecule has 2 fully saturated rings. The third-order valence-electron chi connectivity index (χ3n) is 9.77. The number of amides is 2. The Morgan fingerprint density at radius 2 is 1.76 bits per heavy atom. The first-order valence-electron chi connectivity index (χ1n) is 16.2. The molecule has 45 heavy (non-hydrogen) atoms. The van der Waals surface area contributed by atoms with E-state index in [1.807, 2.05) is 24.1 Å². The smallest absolute Gasteiger partial charge is 0.244 e. The first-order chi connectivity index (χ1) is 21.7. The summed E-state index contributed by atoms with van der Waals surface area (Å²) in [5, 5.41) is 6.25. The SMILES string of the molecule is COc1cc2c(c(OC)c1OC)-c1ccc(N[C@@H](C)C(=O)N(C)C[C@@H]3CCCN4CCCC[C@H]34)c(=O)cc1[C@@H](NC(C)=O)CC2. The lowest BCUT2D eigenvalue weighted by Crippen LogP contribution is -2.52. The van der Waals surface area contributed by atoms with Crippen LogP contribution in [0.2, 0.25) is 0 Å². The number of methoxy groups -OCH3 is 3. The van der Waals surface area contributed by atoms with Crippen molar-refractivity contribution in [1.29, 1.82) is 0 Å². The minimum Gasteiger partial charge on any atom is -0.493 e. The van der Waals surface area contributed by atoms with Gasteiger partial charge < -0.3 is 34.6 Å². The molecule has 5 rings (SSSR count). The molecule has 10 nitrogen and oxygen atoms in total. The number of aryl methyl sites for hydroxylation is 1. The van der Waals surface area contributed by atoms with Gasteiger partial charge in [-0.1, -0.05) is 12.5 Å². The van der Waals surface area contributed by atoms with Crippen molar-refractivity contribution in [3.05, 3.63) is 45.6 Å². The molecule has 4 atom stereocenters. The molecule has 2 aromatic carbocycles. The van der Waals surface area contributed by atoms with Gasteiger partial charge in [0.15, 0.2) is 11.5 Å². The molecule has 3 aliphatic rings. The van der Waals surface area contributed by atoms with E-state index in [0.29, 0.717) is 59.8 Å². The highest BCUT2D eigenvalue weighted by atomic mass is 16.5. The van der Waals surface area contributed by atoms with Crippen molar-refractivity contribution in [2.45, 2.75) is 76.9 Å². The van der Waals surface area contributed by atoms with Crippen LogP contribution < -0.4 is 30.3 Å². The van der Waals surface area contributed by atoms with Crippen LogP contribution in [0.25, 0.3) is 11.1 Å². The van der Waals surface area contributed by atoms with Gasteiger partial charge in [0.2, 0.25) is 23.0 Å². The van der Waals surface area contributed by atoms with Crippen LogP contribution in [-0.4, -0.2) is 81.7 Å². The zero-order chi connectivity index (χ0) is 32.2. The molecular formula is C35H48N4O6. The monoisotopic (exact) mass is 620 g/mol. The summed E-state index contributed by atoms with van der Waals surface area (Å²) in [5.74, 6) is 1.72. The maximum atomic E-state index is 13.7. The lowest BCUT2D eigenvalue weighted by Gasteiger charge is -2.45. The van der Waals surface area contributed by atoms with Gasteiger partial charge >= 0.3 is 0 Å². The quantitative estimate of drug-likeness (QED) is 0.425. The van der Waals surface area contributed by atoms with Crippen molar-refractivity contribution in [2.24, 2.45) is 5.92 Å². The van der Waals surface area contributed by atoms with Gasteiger partial charge in [-0.25, -0.2) is 0 Å². The summed E-state index contributed by atoms with van der Waals surface area (Å²) >= 11 is 0. The third-order valence-corrected chi connectivity index (χ3v) is 9.77. The van der Waals surface area contributed by atoms with Crippen LogP contribution in [0.5, 0.6) is 17.2 Å². The van der Waals surface area contributed by atoms with Gasteiger partial charge in [-0.3, -0.25) is 14.4 Å². The zero-order valence-electron chi connectivity index (χ0n) is 27.5. The lowest BCUT2D eigenvalue weighted by atomic mass is 9.83. The fourth-order valence-corrected chi connectivity index (χ4v) is 7.68. The van der Waals surface area contributed by atoms with E-state index in [9.17, 15) is 14.4 Å². The molecule has 0 aromatic heterocycles. The summed E-state index contributed by atoms with van der Waals surface area (Å²) in [6.45, 7) is 6.32. The summed E-state index contributed by atoms with van der Waals surface area (Å²) in [5.41, 5.74) is 3.22. The number of carbonyl (C=O) groups excluding carboxylic acids is 2. The van der Waals surface area contributed by atoms with Crippen LogP contribution in [0.4, 0.5) is 5.69 Å². The highest BCUT2D eigenvalue weighted by molar-refractivity contribution is 5.85. The Morgan fingerprint density at radius 1 is 1.00 bits per heavy atom. The van der Waals surface area contributed by atoms with Crippen molar-refractivity contribution in [1.82, 2.24) is 15.1 Å². The molecule has 2 amide bonds. The van der Waals surface area contributed by atoms with E-state index < -0.39 is 12.1 Å². The second-order valence-corrected chi connectivity index (χ2v) is 12.7. The normalized spacial score (nSPS) is 21.6. The number of fused-ring (bicyclic) bond motifs is 4. The number of hydrogen-bond donors (Lipinski definition) is 2. The van der Waals surface area contributed by atoms with Gasteiger partial charge in [-0.15, -0.1) is 0 Å². The number of nitrogens with zero attached hydrogens (tertiary/aromatic N) is 2. The number of likely N-dealkylation sites (N-methyl/N-ethyl adjacent to an activating group) is 1. The molecule has 0 unspecified atom stereocenters. The van der Waals surface area contributed by atoms with Crippen LogP contribution in [0.1, 0.15) is 69.5 Å². The molecule has 2 saturated heterocycles. The fourth-order valence-electron chi connectivity index (χ4n) is 7.68. The molecule has 0 spiro atoms. The van der Waals surface area contributed by atoms with Gasteiger partial charge in [0.25, 0.3) is 0 Å². The van der Waals surface area contributed by atoms with Crippen LogP contribution in [-0.2, 0) is 16.0 Å². The van der Waals surface area contributed by atoms with Crippen molar-refractivity contribution >= 4 is 17.5 Å². The molecule has 244 valence electrons. The van der Waals surface area contributed by atoms with Gasteiger partial charge in [0.1, 0.15) is 6.04 Å². The molecule has 2 aromatic rings.